The highest BCUT2D eigenvalue weighted by Crippen LogP contribution is 2.75. The summed E-state index contributed by atoms with van der Waals surface area (Å²) in [6.07, 6.45) is -0.0805. The number of aliphatic hydroxyl groups excluding tert-OH is 2. The minimum absolute atomic E-state index is 0.0262. The first-order valence-corrected chi connectivity index (χ1v) is 17.3. The average Bonchev–Trinajstić information content (AvgIpc) is 3.55. The molecule has 2 fully saturated rings. The molecular weight excluding hydrogens is 640 g/mol. The molecular formula is C40H46O10. The molecule has 0 amide bonds. The van der Waals surface area contributed by atoms with Crippen LogP contribution >= 0.6 is 0 Å². The molecule has 1 unspecified atom stereocenters. The molecule has 50 heavy (non-hydrogen) atoms. The topological polar surface area (TPSA) is 157 Å². The Bertz CT molecular complexity index is 1750. The predicted molar refractivity (Wildman–Crippen MR) is 181 cm³/mol. The number of aliphatic hydroxyl groups is 3. The zero-order valence-corrected chi connectivity index (χ0v) is 29.3. The first kappa shape index (κ1) is 35.7. The Morgan fingerprint density at radius 3 is 2.10 bits per heavy atom. The lowest BCUT2D eigenvalue weighted by atomic mass is 9.58. The summed E-state index contributed by atoms with van der Waals surface area (Å²) >= 11 is 0. The number of fused-ring (bicyclic) bond motifs is 3. The molecule has 0 heterocycles. The Kier molecular flexibility index (Phi) is 8.98. The Morgan fingerprint density at radius 1 is 0.960 bits per heavy atom. The molecule has 0 aliphatic heterocycles. The largest absolute Gasteiger partial charge is 0.461 e. The van der Waals surface area contributed by atoms with Crippen LogP contribution in [0.2, 0.25) is 0 Å². The van der Waals surface area contributed by atoms with Gasteiger partial charge in [-0.1, -0.05) is 83.2 Å². The Labute approximate surface area is 292 Å². The summed E-state index contributed by atoms with van der Waals surface area (Å²) in [5.41, 5.74) is -5.66. The zero-order chi connectivity index (χ0) is 36.4. The number of allylic oxidation sites excluding steroid dienone is 1. The lowest BCUT2D eigenvalue weighted by molar-refractivity contribution is -0.206. The molecule has 0 radical (unpaired) electrons. The number of ether oxygens (including phenoxy) is 3. The third-order valence-electron chi connectivity index (χ3n) is 12.2. The number of ketones is 1. The number of carbonyl (C=O) groups excluding carboxylic acids is 4. The van der Waals surface area contributed by atoms with E-state index in [1.165, 1.54) is 6.08 Å². The SMILES string of the molecule is CC1=C[C@]23C(=O)[C@@H](C=C(CO)[C@@H](O)[C@]2(O)[C@H]1OC(=O)C(C)C(C)C)[C@@H]1[C@](C)(COC(=O)c2ccccc2)[C@@]1(OC(=O)c1ccccc1)C[C@H]3C. The van der Waals surface area contributed by atoms with Crippen molar-refractivity contribution >= 4 is 23.7 Å². The second-order valence-corrected chi connectivity index (χ2v) is 15.2. The average molecular weight is 687 g/mol. The number of hydrogen-bond donors (Lipinski definition) is 3. The van der Waals surface area contributed by atoms with Gasteiger partial charge in [-0.3, -0.25) is 9.59 Å². The van der Waals surface area contributed by atoms with Crippen molar-refractivity contribution in [3.8, 4) is 0 Å². The van der Waals surface area contributed by atoms with Crippen molar-refractivity contribution in [3.05, 3.63) is 95.1 Å². The minimum atomic E-state index is -2.39. The maximum Gasteiger partial charge on any atom is 0.338 e. The van der Waals surface area contributed by atoms with Gasteiger partial charge in [0.25, 0.3) is 0 Å². The van der Waals surface area contributed by atoms with E-state index in [4.69, 9.17) is 14.2 Å². The lowest BCUT2D eigenvalue weighted by Gasteiger charge is -2.49. The molecule has 2 saturated carbocycles. The van der Waals surface area contributed by atoms with Gasteiger partial charge >= 0.3 is 17.9 Å². The van der Waals surface area contributed by atoms with Gasteiger partial charge < -0.3 is 29.5 Å². The van der Waals surface area contributed by atoms with E-state index in [0.717, 1.165) is 0 Å². The minimum Gasteiger partial charge on any atom is -0.461 e. The fourth-order valence-electron chi connectivity index (χ4n) is 9.08. The van der Waals surface area contributed by atoms with Crippen molar-refractivity contribution in [1.29, 1.82) is 0 Å². The molecule has 3 N–H and O–H groups in total. The van der Waals surface area contributed by atoms with Crippen LogP contribution in [0.3, 0.4) is 0 Å². The van der Waals surface area contributed by atoms with Gasteiger partial charge in [0.05, 0.1) is 29.1 Å². The van der Waals surface area contributed by atoms with Crippen LogP contribution < -0.4 is 0 Å². The van der Waals surface area contributed by atoms with Crippen molar-refractivity contribution < 1.29 is 48.7 Å². The van der Waals surface area contributed by atoms with Crippen LogP contribution in [0.5, 0.6) is 0 Å². The Morgan fingerprint density at radius 2 is 1.54 bits per heavy atom. The summed E-state index contributed by atoms with van der Waals surface area (Å²) < 4.78 is 18.3. The van der Waals surface area contributed by atoms with E-state index >= 15 is 4.79 Å². The Balaban J connectivity index is 1.47. The first-order valence-electron chi connectivity index (χ1n) is 17.3. The van der Waals surface area contributed by atoms with E-state index in [9.17, 15) is 29.7 Å². The molecule has 10 heteroatoms. The fraction of sp³-hybridized carbons (Fsp3) is 0.500. The maximum atomic E-state index is 15.2. The number of carbonyl (C=O) groups is 4. The van der Waals surface area contributed by atoms with Gasteiger partial charge in [-0.2, -0.15) is 0 Å². The standard InChI is InChI=1S/C40H46O10/c1-22(2)25(5)34(44)49-33-23(3)18-38-24(4)19-39(50-36(46)27-15-11-8-12-16-27)30(29(32(38)43)17-28(20-41)31(42)40(33,38)47)37(39,6)21-48-35(45)26-13-9-7-10-14-26/h7-18,22,24-25,29-31,33,41-42,47H,19-21H2,1-6H3/t24-,25?,29+,30-,31-,33+,37+,38+,39-,40+/m1/s1. The van der Waals surface area contributed by atoms with Crippen LogP contribution in [-0.2, 0) is 23.8 Å². The van der Waals surface area contributed by atoms with Crippen LogP contribution in [0.25, 0.3) is 0 Å². The second kappa shape index (κ2) is 12.6. The number of benzene rings is 2. The van der Waals surface area contributed by atoms with E-state index in [-0.39, 0.29) is 24.5 Å². The van der Waals surface area contributed by atoms with Gasteiger partial charge in [0.15, 0.2) is 17.5 Å². The van der Waals surface area contributed by atoms with Gasteiger partial charge in [0, 0.05) is 17.3 Å². The molecule has 1 spiro atoms. The van der Waals surface area contributed by atoms with E-state index in [1.54, 1.807) is 94.4 Å². The summed E-state index contributed by atoms with van der Waals surface area (Å²) in [4.78, 5) is 55.6. The van der Waals surface area contributed by atoms with Gasteiger partial charge in [-0.25, -0.2) is 9.59 Å². The molecule has 266 valence electrons. The third-order valence-corrected chi connectivity index (χ3v) is 12.2. The van der Waals surface area contributed by atoms with Gasteiger partial charge in [-0.05, 0) is 60.6 Å². The molecule has 4 aliphatic carbocycles. The molecule has 0 aromatic heterocycles. The zero-order valence-electron chi connectivity index (χ0n) is 29.3. The Hall–Kier alpha value is -4.12. The van der Waals surface area contributed by atoms with Crippen LogP contribution in [0.15, 0.2) is 84.0 Å². The smallest absolute Gasteiger partial charge is 0.338 e. The number of Topliss-reactive ketones (excluding diaryl/α,β-unsaturated/α-hetero) is 1. The third kappa shape index (κ3) is 5.01. The summed E-state index contributed by atoms with van der Waals surface area (Å²) in [5.74, 6) is -5.56. The van der Waals surface area contributed by atoms with Crippen LogP contribution in [0, 0.1) is 40.4 Å². The van der Waals surface area contributed by atoms with Gasteiger partial charge in [0.1, 0.15) is 18.3 Å². The van der Waals surface area contributed by atoms with Gasteiger partial charge in [-0.15, -0.1) is 0 Å². The quantitative estimate of drug-likeness (QED) is 0.195. The highest BCUT2D eigenvalue weighted by Gasteiger charge is 2.85. The molecule has 2 aromatic carbocycles. The van der Waals surface area contributed by atoms with Crippen molar-refractivity contribution in [2.24, 2.45) is 40.4 Å². The van der Waals surface area contributed by atoms with Crippen LogP contribution in [0.4, 0.5) is 0 Å². The fourth-order valence-corrected chi connectivity index (χ4v) is 9.08. The molecule has 2 aromatic rings. The second-order valence-electron chi connectivity index (χ2n) is 15.2. The molecule has 10 atom stereocenters. The van der Waals surface area contributed by atoms with E-state index in [2.05, 4.69) is 0 Å². The summed E-state index contributed by atoms with van der Waals surface area (Å²) in [6.45, 7) is 9.74. The van der Waals surface area contributed by atoms with E-state index in [0.29, 0.717) is 16.7 Å². The number of rotatable bonds is 9. The van der Waals surface area contributed by atoms with Crippen molar-refractivity contribution in [2.45, 2.75) is 71.4 Å². The number of esters is 3. The van der Waals surface area contributed by atoms with Crippen LogP contribution in [-0.4, -0.2) is 75.6 Å². The highest BCUT2D eigenvalue weighted by molar-refractivity contribution is 5.97. The van der Waals surface area contributed by atoms with Gasteiger partial charge in [0.2, 0.25) is 0 Å². The molecule has 10 nitrogen and oxygen atoms in total. The molecule has 6 rings (SSSR count). The van der Waals surface area contributed by atoms with Crippen molar-refractivity contribution in [2.75, 3.05) is 13.2 Å². The van der Waals surface area contributed by atoms with Crippen molar-refractivity contribution in [3.63, 3.8) is 0 Å². The summed E-state index contributed by atoms with van der Waals surface area (Å²) in [6, 6.07) is 16.9. The molecule has 0 saturated heterocycles. The lowest BCUT2D eigenvalue weighted by Crippen LogP contribution is -2.66. The monoisotopic (exact) mass is 686 g/mol. The normalized spacial score (nSPS) is 36.1. The highest BCUT2D eigenvalue weighted by atomic mass is 16.6. The predicted octanol–water partition coefficient (Wildman–Crippen LogP) is 4.47. The van der Waals surface area contributed by atoms with E-state index < -0.39 is 88.2 Å². The maximum absolute atomic E-state index is 15.2. The molecule has 2 bridgehead atoms. The number of hydrogen-bond acceptors (Lipinski definition) is 10. The van der Waals surface area contributed by atoms with E-state index in [1.807, 2.05) is 13.8 Å². The first-order chi connectivity index (χ1) is 23.6. The summed E-state index contributed by atoms with van der Waals surface area (Å²) in [5, 5.41) is 35.5. The molecule has 4 aliphatic rings. The van der Waals surface area contributed by atoms with Crippen LogP contribution in [0.1, 0.15) is 68.7 Å². The summed E-state index contributed by atoms with van der Waals surface area (Å²) in [7, 11) is 0. The van der Waals surface area contributed by atoms with Crippen molar-refractivity contribution in [1.82, 2.24) is 0 Å².